The van der Waals surface area contributed by atoms with Crippen LogP contribution in [0, 0.1) is 18.7 Å². The lowest BCUT2D eigenvalue weighted by molar-refractivity contribution is -0.123. The molecule has 0 unspecified atom stereocenters. The van der Waals surface area contributed by atoms with E-state index in [2.05, 4.69) is 10.3 Å². The largest absolute Gasteiger partial charge is 0.489 e. The maximum absolute atomic E-state index is 14.0. The molecule has 2 atom stereocenters. The molecule has 1 aliphatic carbocycles. The topological polar surface area (TPSA) is 127 Å². The Labute approximate surface area is 261 Å². The van der Waals surface area contributed by atoms with E-state index in [0.29, 0.717) is 51.3 Å². The fraction of sp³-hybridized carbons (Fsp3) is 0.290. The molecule has 0 spiro atoms. The Morgan fingerprint density at radius 1 is 1.12 bits per heavy atom. The van der Waals surface area contributed by atoms with Crippen molar-refractivity contribution in [1.29, 1.82) is 0 Å². The van der Waals surface area contributed by atoms with Gasteiger partial charge in [0, 0.05) is 22.1 Å². The smallest absolute Gasteiger partial charge is 0.251 e. The minimum Gasteiger partial charge on any atom is -0.489 e. The number of primary amides is 1. The van der Waals surface area contributed by atoms with Crippen molar-refractivity contribution in [3.05, 3.63) is 85.9 Å². The first-order valence-electron chi connectivity index (χ1n) is 13.5. The van der Waals surface area contributed by atoms with Crippen LogP contribution in [0.25, 0.3) is 22.2 Å². The molecule has 0 bridgehead atoms. The minimum absolute atomic E-state index is 0.0373. The first-order chi connectivity index (χ1) is 20.3. The normalized spacial score (nSPS) is 19.0. The number of aliphatic hydroxyl groups is 1. The Kier molecular flexibility index (Phi) is 7.28. The number of amides is 2. The lowest BCUT2D eigenvalue weighted by Gasteiger charge is -2.30. The monoisotopic (exact) mass is 642 g/mol. The SMILES string of the molecule is Cc1nc2c(Cl)cc(C(=O)NC[C@](O)(c3cc4c(c(-c5ccc(F)c(Cl)c5)n3)OC[C@]4(C)C(N)=O)C3CC3)cc2cc1Cl. The third kappa shape index (κ3) is 5.08. The van der Waals surface area contributed by atoms with Crippen molar-refractivity contribution in [1.82, 2.24) is 15.3 Å². The van der Waals surface area contributed by atoms with Crippen LogP contribution in [0.2, 0.25) is 15.1 Å². The number of halogens is 4. The van der Waals surface area contributed by atoms with E-state index in [-0.39, 0.29) is 46.1 Å². The molecular formula is C31H26Cl3FN4O4. The summed E-state index contributed by atoms with van der Waals surface area (Å²) in [7, 11) is 0. The van der Waals surface area contributed by atoms with Crippen LogP contribution in [-0.4, -0.2) is 40.0 Å². The van der Waals surface area contributed by atoms with Gasteiger partial charge in [-0.3, -0.25) is 14.6 Å². The second kappa shape index (κ2) is 10.6. The van der Waals surface area contributed by atoms with Gasteiger partial charge >= 0.3 is 0 Å². The molecular weight excluding hydrogens is 618 g/mol. The molecule has 4 aromatic rings. The van der Waals surface area contributed by atoms with Gasteiger partial charge in [-0.05, 0) is 75.1 Å². The van der Waals surface area contributed by atoms with Gasteiger partial charge in [0.15, 0.2) is 0 Å². The second-order valence-corrected chi connectivity index (χ2v) is 12.5. The van der Waals surface area contributed by atoms with Crippen LogP contribution in [0.4, 0.5) is 4.39 Å². The van der Waals surface area contributed by atoms with Crippen molar-refractivity contribution in [2.75, 3.05) is 13.2 Å². The Bertz CT molecular complexity index is 1850. The zero-order valence-corrected chi connectivity index (χ0v) is 25.4. The zero-order valence-electron chi connectivity index (χ0n) is 23.1. The molecule has 1 saturated carbocycles. The summed E-state index contributed by atoms with van der Waals surface area (Å²) < 4.78 is 19.9. The highest BCUT2D eigenvalue weighted by Gasteiger charge is 2.50. The van der Waals surface area contributed by atoms with Crippen molar-refractivity contribution >= 4 is 57.5 Å². The Morgan fingerprint density at radius 2 is 1.86 bits per heavy atom. The molecule has 8 nitrogen and oxygen atoms in total. The van der Waals surface area contributed by atoms with Crippen LogP contribution >= 0.6 is 34.8 Å². The van der Waals surface area contributed by atoms with Crippen molar-refractivity contribution in [3.8, 4) is 17.0 Å². The van der Waals surface area contributed by atoms with Crippen molar-refractivity contribution in [2.24, 2.45) is 11.7 Å². The summed E-state index contributed by atoms with van der Waals surface area (Å²) in [5, 5.41) is 16.2. The van der Waals surface area contributed by atoms with E-state index in [4.69, 9.17) is 50.3 Å². The highest BCUT2D eigenvalue weighted by molar-refractivity contribution is 6.36. The van der Waals surface area contributed by atoms with Gasteiger partial charge in [-0.25, -0.2) is 9.37 Å². The zero-order chi connectivity index (χ0) is 30.8. The predicted molar refractivity (Wildman–Crippen MR) is 162 cm³/mol. The van der Waals surface area contributed by atoms with Gasteiger partial charge in [0.2, 0.25) is 5.91 Å². The van der Waals surface area contributed by atoms with Crippen LogP contribution in [0.5, 0.6) is 5.75 Å². The lowest BCUT2D eigenvalue weighted by Crippen LogP contribution is -2.44. The molecule has 4 N–H and O–H groups in total. The third-order valence-corrected chi connectivity index (χ3v) is 9.25. The Balaban J connectivity index is 1.40. The van der Waals surface area contributed by atoms with Crippen LogP contribution in [0.1, 0.15) is 47.1 Å². The van der Waals surface area contributed by atoms with Crippen LogP contribution in [0.15, 0.2) is 42.5 Å². The highest BCUT2D eigenvalue weighted by atomic mass is 35.5. The molecule has 1 aliphatic heterocycles. The van der Waals surface area contributed by atoms with E-state index in [1.165, 1.54) is 24.3 Å². The third-order valence-electron chi connectivity index (χ3n) is 8.29. The number of fused-ring (bicyclic) bond motifs is 2. The first kappa shape index (κ1) is 29.6. The first-order valence-corrected chi connectivity index (χ1v) is 14.7. The molecule has 2 aromatic carbocycles. The number of nitrogens with two attached hydrogens (primary N) is 1. The van der Waals surface area contributed by atoms with E-state index >= 15 is 0 Å². The maximum atomic E-state index is 14.0. The van der Waals surface area contributed by atoms with Gasteiger partial charge in [0.1, 0.15) is 34.9 Å². The number of benzene rings is 2. The van der Waals surface area contributed by atoms with E-state index in [0.717, 1.165) is 0 Å². The molecule has 2 aromatic heterocycles. The number of ether oxygens (including phenoxy) is 1. The van der Waals surface area contributed by atoms with Gasteiger partial charge in [-0.1, -0.05) is 34.8 Å². The lowest BCUT2D eigenvalue weighted by atomic mass is 9.81. The summed E-state index contributed by atoms with van der Waals surface area (Å²) in [6, 6.07) is 10.5. The fourth-order valence-electron chi connectivity index (χ4n) is 5.41. The standard InChI is InChI=1S/C31H26Cl3FN4O4/c1-14-20(32)9-16-7-17(10-22(34)25(16)38-14)28(40)37-12-31(42,18-4-5-18)24-11-19-27(43-13-30(19,2)29(36)41)26(39-24)15-3-6-23(35)21(33)8-15/h3,6-11,18,42H,4-5,12-13H2,1-2H3,(H2,36,41)(H,37,40)/t30-,31+/m0/s1. The average molecular weight is 644 g/mol. The molecule has 222 valence electrons. The highest BCUT2D eigenvalue weighted by Crippen LogP contribution is 2.50. The van der Waals surface area contributed by atoms with E-state index in [1.807, 2.05) is 0 Å². The number of aryl methyl sites for hydroxylation is 1. The summed E-state index contributed by atoms with van der Waals surface area (Å²) in [5.74, 6) is -1.64. The predicted octanol–water partition coefficient (Wildman–Crippen LogP) is 5.87. The van der Waals surface area contributed by atoms with Crippen molar-refractivity contribution in [2.45, 2.75) is 37.7 Å². The molecule has 2 amide bonds. The van der Waals surface area contributed by atoms with Crippen LogP contribution < -0.4 is 15.8 Å². The summed E-state index contributed by atoms with van der Waals surface area (Å²) in [6.45, 7) is 3.18. The number of carbonyl (C=O) groups excluding carboxylic acids is 2. The maximum Gasteiger partial charge on any atom is 0.251 e. The summed E-state index contributed by atoms with van der Waals surface area (Å²) >= 11 is 18.8. The van der Waals surface area contributed by atoms with E-state index in [9.17, 15) is 19.1 Å². The van der Waals surface area contributed by atoms with Gasteiger partial charge in [0.25, 0.3) is 5.91 Å². The van der Waals surface area contributed by atoms with E-state index in [1.54, 1.807) is 32.0 Å². The number of aromatic nitrogens is 2. The number of nitrogens with zero attached hydrogens (tertiary/aromatic N) is 2. The summed E-state index contributed by atoms with van der Waals surface area (Å²) in [5.41, 5.74) is 5.70. The second-order valence-electron chi connectivity index (χ2n) is 11.3. The van der Waals surface area contributed by atoms with Gasteiger partial charge in [-0.2, -0.15) is 0 Å². The number of hydrogen-bond acceptors (Lipinski definition) is 6. The quantitative estimate of drug-likeness (QED) is 0.231. The molecule has 1 fully saturated rings. The summed E-state index contributed by atoms with van der Waals surface area (Å²) in [4.78, 5) is 35.1. The molecule has 0 saturated heterocycles. The number of nitrogens with one attached hydrogen (secondary N) is 1. The molecule has 12 heteroatoms. The Hall–Kier alpha value is -3.50. The van der Waals surface area contributed by atoms with Gasteiger partial charge in [0.05, 0.1) is 38.5 Å². The average Bonchev–Trinajstić information content (AvgIpc) is 3.77. The fourth-order valence-corrected chi connectivity index (χ4v) is 6.02. The van der Waals surface area contributed by atoms with Gasteiger partial charge < -0.3 is 20.9 Å². The molecule has 43 heavy (non-hydrogen) atoms. The van der Waals surface area contributed by atoms with Crippen LogP contribution in [0.3, 0.4) is 0 Å². The van der Waals surface area contributed by atoms with Crippen molar-refractivity contribution in [3.63, 3.8) is 0 Å². The molecule has 0 radical (unpaired) electrons. The summed E-state index contributed by atoms with van der Waals surface area (Å²) in [6.07, 6.45) is 1.38. The van der Waals surface area contributed by atoms with E-state index < -0.39 is 28.6 Å². The number of carbonyl (C=O) groups is 2. The van der Waals surface area contributed by atoms with Gasteiger partial charge in [-0.15, -0.1) is 0 Å². The Morgan fingerprint density at radius 3 is 2.53 bits per heavy atom. The number of pyridine rings is 2. The molecule has 6 rings (SSSR count). The minimum atomic E-state index is -1.62. The van der Waals surface area contributed by atoms with Crippen molar-refractivity contribution < 1.29 is 23.8 Å². The molecule has 2 aliphatic rings. The molecule has 3 heterocycles. The number of rotatable bonds is 7. The van der Waals surface area contributed by atoms with Crippen LogP contribution in [-0.2, 0) is 15.8 Å². The number of hydrogen-bond donors (Lipinski definition) is 3.